The molecule has 3 heterocycles. The van der Waals surface area contributed by atoms with Crippen LogP contribution in [0.5, 0.6) is 0 Å². The summed E-state index contributed by atoms with van der Waals surface area (Å²) in [5.74, 6) is -2.23. The maximum atomic E-state index is 14.1. The molecule has 15 nitrogen and oxygen atoms in total. The van der Waals surface area contributed by atoms with Gasteiger partial charge in [0, 0.05) is 45.7 Å². The average Bonchev–Trinajstić information content (AvgIpc) is 3.36. The monoisotopic (exact) mass is 898 g/mol. The average molecular weight is 899 g/mol. The molecular formula is C51H58N6O9. The third kappa shape index (κ3) is 13.3. The summed E-state index contributed by atoms with van der Waals surface area (Å²) in [6, 6.07) is 36.0. The van der Waals surface area contributed by atoms with Gasteiger partial charge in [0.15, 0.2) is 6.04 Å². The molecule has 346 valence electrons. The number of nitrogens with one attached hydrogen (secondary N) is 1. The smallest absolute Gasteiger partial charge is 0.437 e. The summed E-state index contributed by atoms with van der Waals surface area (Å²) in [4.78, 5) is 91.5. The van der Waals surface area contributed by atoms with Crippen LogP contribution in [0, 0.1) is 11.8 Å². The number of unbranched alkanes of at least 4 members (excludes halogenated alkanes) is 2. The van der Waals surface area contributed by atoms with E-state index >= 15 is 0 Å². The van der Waals surface area contributed by atoms with Gasteiger partial charge in [0.25, 0.3) is 0 Å². The summed E-state index contributed by atoms with van der Waals surface area (Å²) in [6.45, 7) is 1.76. The number of β-lactam (4-membered cyclic amide) rings is 1. The van der Waals surface area contributed by atoms with Crippen molar-refractivity contribution < 1.29 is 43.0 Å². The Hall–Kier alpha value is -7.03. The zero-order chi connectivity index (χ0) is 46.1. The van der Waals surface area contributed by atoms with Crippen molar-refractivity contribution in [3.63, 3.8) is 0 Å². The fourth-order valence-electron chi connectivity index (χ4n) is 8.63. The maximum absolute atomic E-state index is 14.1. The number of likely N-dealkylation sites (tertiary alicyclic amines) is 2. The summed E-state index contributed by atoms with van der Waals surface area (Å²) in [7, 11) is 0. The van der Waals surface area contributed by atoms with Gasteiger partial charge in [-0.15, -0.1) is 4.99 Å². The Bertz CT molecular complexity index is 2270. The van der Waals surface area contributed by atoms with E-state index in [-0.39, 0.29) is 63.7 Å². The molecule has 3 aliphatic rings. The standard InChI is InChI=1S/C51H58N6O9/c58-44(27-15-5-8-19-38-17-6-1-7-18-38)54-29-31-55(32-30-54)51(63)57-45(47(60)64-35-39-20-9-2-10-21-39)43(46(57)59)33-42-26-16-28-56(34-42)48(52-49(61)65-36-40-22-11-3-12-23-40)53-50(62)66-37-41-24-13-4-14-25-41/h1-4,6-7,9-14,17-18,20-25,42-43,45H,5,8,15-16,19,26-37H2,(H,52,53,61,62)/t42-,43+,45?/m0/s1. The number of aryl methyl sites for hydroxylation is 1. The van der Waals surface area contributed by atoms with Crippen LogP contribution < -0.4 is 5.32 Å². The number of piperidine rings is 1. The highest BCUT2D eigenvalue weighted by molar-refractivity contribution is 6.08. The number of aliphatic imine (C=N–C) groups is 1. The van der Waals surface area contributed by atoms with Crippen LogP contribution in [0.2, 0.25) is 0 Å². The molecule has 1 unspecified atom stereocenters. The Morgan fingerprint density at radius 3 is 1.76 bits per heavy atom. The molecule has 0 spiro atoms. The van der Waals surface area contributed by atoms with Crippen LogP contribution in [-0.2, 0) is 54.8 Å². The Morgan fingerprint density at radius 1 is 0.606 bits per heavy atom. The molecule has 0 bridgehead atoms. The minimum absolute atomic E-state index is 0.00841. The molecule has 7 rings (SSSR count). The molecular weight excluding hydrogens is 841 g/mol. The lowest BCUT2D eigenvalue weighted by atomic mass is 9.78. The van der Waals surface area contributed by atoms with E-state index in [1.807, 2.05) is 109 Å². The van der Waals surface area contributed by atoms with Crippen molar-refractivity contribution in [2.45, 2.75) is 77.2 Å². The molecule has 1 N–H and O–H groups in total. The van der Waals surface area contributed by atoms with Gasteiger partial charge in [-0.1, -0.05) is 128 Å². The topological polar surface area (TPSA) is 167 Å². The molecule has 0 aliphatic carbocycles. The van der Waals surface area contributed by atoms with Crippen molar-refractivity contribution in [3.05, 3.63) is 144 Å². The number of urea groups is 1. The highest BCUT2D eigenvalue weighted by atomic mass is 16.6. The first-order chi connectivity index (χ1) is 32.2. The Balaban J connectivity index is 0.977. The number of alkyl carbamates (subject to hydrolysis) is 1. The number of benzene rings is 4. The summed E-state index contributed by atoms with van der Waals surface area (Å²) in [5, 5.41) is 2.63. The van der Waals surface area contributed by atoms with E-state index in [1.54, 1.807) is 9.80 Å². The van der Waals surface area contributed by atoms with E-state index in [1.165, 1.54) is 10.5 Å². The predicted molar refractivity (Wildman–Crippen MR) is 245 cm³/mol. The number of carbonyl (C=O) groups excluding carboxylic acids is 6. The Labute approximate surface area is 385 Å². The largest absolute Gasteiger partial charge is 0.459 e. The van der Waals surface area contributed by atoms with Crippen LogP contribution in [0.4, 0.5) is 14.4 Å². The van der Waals surface area contributed by atoms with Crippen LogP contribution in [-0.4, -0.2) is 107 Å². The second-order valence-electron chi connectivity index (χ2n) is 16.9. The number of hydrogen-bond acceptors (Lipinski definition) is 9. The summed E-state index contributed by atoms with van der Waals surface area (Å²) in [6.07, 6.45) is 3.93. The second kappa shape index (κ2) is 23.8. The second-order valence-corrected chi connectivity index (χ2v) is 16.9. The van der Waals surface area contributed by atoms with Gasteiger partial charge < -0.3 is 28.9 Å². The molecule has 3 atom stereocenters. The lowest BCUT2D eigenvalue weighted by Crippen LogP contribution is -2.70. The normalized spacial score (nSPS) is 18.5. The lowest BCUT2D eigenvalue weighted by Gasteiger charge is -2.48. The molecule has 3 aliphatic heterocycles. The number of carbonyl (C=O) groups is 6. The van der Waals surface area contributed by atoms with E-state index < -0.39 is 42.1 Å². The minimum atomic E-state index is -1.16. The fourth-order valence-corrected chi connectivity index (χ4v) is 8.63. The number of imide groups is 1. The van der Waals surface area contributed by atoms with E-state index in [4.69, 9.17) is 14.2 Å². The molecule has 4 aromatic carbocycles. The van der Waals surface area contributed by atoms with Crippen LogP contribution in [0.3, 0.4) is 0 Å². The van der Waals surface area contributed by atoms with Gasteiger partial charge in [0.2, 0.25) is 17.8 Å². The van der Waals surface area contributed by atoms with Crippen molar-refractivity contribution in [1.82, 2.24) is 24.9 Å². The molecule has 3 saturated heterocycles. The molecule has 4 aromatic rings. The highest BCUT2D eigenvalue weighted by Crippen LogP contribution is 2.37. The Morgan fingerprint density at radius 2 is 1.15 bits per heavy atom. The molecule has 0 radical (unpaired) electrons. The number of hydrogen-bond donors (Lipinski definition) is 1. The van der Waals surface area contributed by atoms with Gasteiger partial charge in [0.1, 0.15) is 19.8 Å². The van der Waals surface area contributed by atoms with Crippen LogP contribution in [0.25, 0.3) is 0 Å². The van der Waals surface area contributed by atoms with Crippen LogP contribution >= 0.6 is 0 Å². The quantitative estimate of drug-likeness (QED) is 0.0318. The maximum Gasteiger partial charge on any atom is 0.437 e. The molecule has 3 fully saturated rings. The van der Waals surface area contributed by atoms with Crippen LogP contribution in [0.1, 0.15) is 67.2 Å². The van der Waals surface area contributed by atoms with Crippen molar-refractivity contribution in [2.24, 2.45) is 16.8 Å². The zero-order valence-electron chi connectivity index (χ0n) is 37.2. The number of nitrogens with zero attached hydrogens (tertiary/aromatic N) is 5. The minimum Gasteiger partial charge on any atom is -0.459 e. The summed E-state index contributed by atoms with van der Waals surface area (Å²) >= 11 is 0. The highest BCUT2D eigenvalue weighted by Gasteiger charge is 2.57. The predicted octanol–water partition coefficient (Wildman–Crippen LogP) is 7.35. The van der Waals surface area contributed by atoms with Gasteiger partial charge in [-0.05, 0) is 66.7 Å². The summed E-state index contributed by atoms with van der Waals surface area (Å²) < 4.78 is 16.6. The number of rotatable bonds is 15. The van der Waals surface area contributed by atoms with Crippen LogP contribution in [0.15, 0.2) is 126 Å². The third-order valence-corrected chi connectivity index (χ3v) is 12.2. The van der Waals surface area contributed by atoms with Crippen molar-refractivity contribution in [3.8, 4) is 0 Å². The number of amides is 6. The zero-order valence-corrected chi connectivity index (χ0v) is 37.2. The molecule has 15 heteroatoms. The van der Waals surface area contributed by atoms with Crippen molar-refractivity contribution in [2.75, 3.05) is 39.3 Å². The SMILES string of the molecule is O=C(N=C(NC(=O)OCc1ccccc1)N1CCC[C@@H](C[C@H]2C(=O)N(C(=O)N3CCN(C(=O)CCCCCc4ccccc4)CC3)C2C(=O)OCc2ccccc2)C1)OCc1ccccc1. The first kappa shape index (κ1) is 46.9. The number of esters is 1. The molecule has 0 saturated carbocycles. The van der Waals surface area contributed by atoms with Crippen molar-refractivity contribution in [1.29, 1.82) is 0 Å². The van der Waals surface area contributed by atoms with Gasteiger partial charge >= 0.3 is 24.2 Å². The molecule has 6 amide bonds. The van der Waals surface area contributed by atoms with Gasteiger partial charge in [-0.25, -0.2) is 24.1 Å². The van der Waals surface area contributed by atoms with Gasteiger partial charge in [0.05, 0.1) is 5.92 Å². The van der Waals surface area contributed by atoms with Gasteiger partial charge in [-0.3, -0.25) is 14.9 Å². The van der Waals surface area contributed by atoms with Crippen molar-refractivity contribution >= 4 is 42.0 Å². The van der Waals surface area contributed by atoms with E-state index in [9.17, 15) is 28.8 Å². The molecule has 0 aromatic heterocycles. The molecule has 66 heavy (non-hydrogen) atoms. The van der Waals surface area contributed by atoms with Gasteiger partial charge in [-0.2, -0.15) is 0 Å². The van der Waals surface area contributed by atoms with E-state index in [0.29, 0.717) is 38.9 Å². The first-order valence-electron chi connectivity index (χ1n) is 22.9. The number of guanidine groups is 1. The van der Waals surface area contributed by atoms with E-state index in [0.717, 1.165) is 47.3 Å². The number of ether oxygens (including phenoxy) is 3. The van der Waals surface area contributed by atoms with E-state index in [2.05, 4.69) is 22.4 Å². The Kier molecular flexibility index (Phi) is 16.9. The third-order valence-electron chi connectivity index (χ3n) is 12.2. The number of piperazine rings is 1. The lowest BCUT2D eigenvalue weighted by molar-refractivity contribution is -0.172. The fraction of sp³-hybridized carbons (Fsp3) is 0.392. The summed E-state index contributed by atoms with van der Waals surface area (Å²) in [5.41, 5.74) is 3.58. The first-order valence-corrected chi connectivity index (χ1v) is 22.9.